The number of morpholine rings is 1. The Kier molecular flexibility index (Phi) is 4.06. The normalized spacial score (nSPS) is 18.9. The van der Waals surface area contributed by atoms with E-state index in [1.165, 1.54) is 0 Å². The average Bonchev–Trinajstić information content (AvgIpc) is 2.25. The maximum atomic E-state index is 12.5. The molecule has 1 rings (SSSR count). The van der Waals surface area contributed by atoms with Gasteiger partial charge < -0.3 is 9.64 Å². The average molecular weight is 300 g/mol. The molecular formula is C8H8ClF6NO2. The van der Waals surface area contributed by atoms with Gasteiger partial charge in [-0.1, -0.05) is 11.6 Å². The highest BCUT2D eigenvalue weighted by molar-refractivity contribution is 6.36. The monoisotopic (exact) mass is 299 g/mol. The molecular weight excluding hydrogens is 292 g/mol. The van der Waals surface area contributed by atoms with Crippen LogP contribution in [0.4, 0.5) is 26.3 Å². The van der Waals surface area contributed by atoms with Crippen molar-refractivity contribution < 1.29 is 35.9 Å². The molecule has 1 heterocycles. The van der Waals surface area contributed by atoms with Gasteiger partial charge in [0.2, 0.25) is 0 Å². The first-order valence-electron chi connectivity index (χ1n) is 4.71. The summed E-state index contributed by atoms with van der Waals surface area (Å²) in [6.45, 7) is -0.984. The summed E-state index contributed by atoms with van der Waals surface area (Å²) in [4.78, 5) is 6.91. The van der Waals surface area contributed by atoms with E-state index >= 15 is 0 Å². The molecule has 0 aliphatic carbocycles. The van der Waals surface area contributed by atoms with Crippen LogP contribution in [0.15, 0.2) is 0 Å². The summed E-state index contributed by atoms with van der Waals surface area (Å²) in [6, 6.07) is 0. The first-order valence-corrected chi connectivity index (χ1v) is 5.09. The molecule has 106 valence electrons. The predicted octanol–water partition coefficient (Wildman–Crippen LogP) is 1.95. The van der Waals surface area contributed by atoms with Crippen molar-refractivity contribution in [2.75, 3.05) is 26.3 Å². The fraction of sp³-hybridized carbons (Fsp3) is 0.875. The number of carbonyl (C=O) groups excluding carboxylic acids is 1. The molecule has 0 aromatic heterocycles. The van der Waals surface area contributed by atoms with Gasteiger partial charge in [-0.25, -0.2) is 0 Å². The number of hydrogen-bond donors (Lipinski definition) is 0. The van der Waals surface area contributed by atoms with Crippen LogP contribution >= 0.6 is 11.6 Å². The minimum absolute atomic E-state index is 0.131. The van der Waals surface area contributed by atoms with E-state index in [0.29, 0.717) is 4.90 Å². The summed E-state index contributed by atoms with van der Waals surface area (Å²) in [6.07, 6.45) is -11.9. The van der Waals surface area contributed by atoms with Crippen LogP contribution in [0.25, 0.3) is 0 Å². The maximum absolute atomic E-state index is 12.5. The van der Waals surface area contributed by atoms with Gasteiger partial charge in [-0.3, -0.25) is 4.79 Å². The van der Waals surface area contributed by atoms with Crippen molar-refractivity contribution in [1.82, 2.24) is 4.90 Å². The van der Waals surface area contributed by atoms with Crippen molar-refractivity contribution in [2.45, 2.75) is 17.2 Å². The van der Waals surface area contributed by atoms with E-state index in [-0.39, 0.29) is 26.3 Å². The van der Waals surface area contributed by atoms with Crippen LogP contribution in [0.5, 0.6) is 0 Å². The zero-order valence-electron chi connectivity index (χ0n) is 8.74. The molecule has 3 nitrogen and oxygen atoms in total. The largest absolute Gasteiger partial charge is 0.425 e. The number of hydrogen-bond acceptors (Lipinski definition) is 2. The Morgan fingerprint density at radius 1 is 1.00 bits per heavy atom. The van der Waals surface area contributed by atoms with Crippen LogP contribution in [0, 0.1) is 0 Å². The van der Waals surface area contributed by atoms with Crippen LogP contribution in [0.3, 0.4) is 0 Å². The highest BCUT2D eigenvalue weighted by Crippen LogP contribution is 2.49. The third kappa shape index (κ3) is 2.51. The van der Waals surface area contributed by atoms with Gasteiger partial charge in [-0.05, 0) is 0 Å². The lowest BCUT2D eigenvalue weighted by atomic mass is 10.1. The predicted molar refractivity (Wildman–Crippen MR) is 48.1 cm³/mol. The van der Waals surface area contributed by atoms with Crippen LogP contribution in [-0.2, 0) is 9.53 Å². The minimum atomic E-state index is -5.93. The van der Waals surface area contributed by atoms with Gasteiger partial charge in [-0.2, -0.15) is 26.3 Å². The Labute approximate surface area is 103 Å². The van der Waals surface area contributed by atoms with Gasteiger partial charge in [-0.15, -0.1) is 0 Å². The number of halogens is 7. The highest BCUT2D eigenvalue weighted by atomic mass is 35.5. The lowest BCUT2D eigenvalue weighted by molar-refractivity contribution is -0.264. The lowest BCUT2D eigenvalue weighted by Crippen LogP contribution is -2.63. The molecule has 0 spiro atoms. The Bertz CT molecular complexity index is 309. The standard InChI is InChI=1S/C8H8ClF6NO2/c9-6(7(10,11)12,8(13,14)15)5(17)16-1-3-18-4-2-16/h1-4H2. The van der Waals surface area contributed by atoms with Crippen LogP contribution in [0.1, 0.15) is 0 Å². The summed E-state index contributed by atoms with van der Waals surface area (Å²) in [7, 11) is 0. The molecule has 1 saturated heterocycles. The maximum Gasteiger partial charge on any atom is 0.425 e. The molecule has 0 saturated carbocycles. The molecule has 0 bridgehead atoms. The van der Waals surface area contributed by atoms with Crippen molar-refractivity contribution in [2.24, 2.45) is 0 Å². The van der Waals surface area contributed by atoms with Gasteiger partial charge in [0.15, 0.2) is 0 Å². The van der Waals surface area contributed by atoms with E-state index < -0.39 is 23.1 Å². The fourth-order valence-corrected chi connectivity index (χ4v) is 1.51. The summed E-state index contributed by atoms with van der Waals surface area (Å²) in [5.41, 5.74) is 0. The molecule has 1 fully saturated rings. The molecule has 1 aliphatic rings. The van der Waals surface area contributed by atoms with Gasteiger partial charge >= 0.3 is 17.2 Å². The Morgan fingerprint density at radius 2 is 1.39 bits per heavy atom. The molecule has 0 radical (unpaired) electrons. The number of alkyl halides is 7. The van der Waals surface area contributed by atoms with Gasteiger partial charge in [0.05, 0.1) is 13.2 Å². The van der Waals surface area contributed by atoms with E-state index in [0.717, 1.165) is 0 Å². The van der Waals surface area contributed by atoms with E-state index in [4.69, 9.17) is 4.74 Å². The second-order valence-electron chi connectivity index (χ2n) is 3.56. The van der Waals surface area contributed by atoms with Crippen LogP contribution in [0.2, 0.25) is 0 Å². The van der Waals surface area contributed by atoms with Gasteiger partial charge in [0.1, 0.15) is 0 Å². The summed E-state index contributed by atoms with van der Waals surface area (Å²) in [5, 5.41) is 0. The lowest BCUT2D eigenvalue weighted by Gasteiger charge is -2.36. The van der Waals surface area contributed by atoms with E-state index in [9.17, 15) is 31.1 Å². The van der Waals surface area contributed by atoms with E-state index in [1.54, 1.807) is 0 Å². The second kappa shape index (κ2) is 4.76. The first kappa shape index (κ1) is 15.4. The van der Waals surface area contributed by atoms with Crippen LogP contribution < -0.4 is 0 Å². The molecule has 18 heavy (non-hydrogen) atoms. The van der Waals surface area contributed by atoms with E-state index in [1.807, 2.05) is 0 Å². The smallest absolute Gasteiger partial charge is 0.378 e. The van der Waals surface area contributed by atoms with Crippen molar-refractivity contribution in [1.29, 1.82) is 0 Å². The van der Waals surface area contributed by atoms with Gasteiger partial charge in [0, 0.05) is 13.1 Å². The van der Waals surface area contributed by atoms with Crippen molar-refractivity contribution in [3.63, 3.8) is 0 Å². The minimum Gasteiger partial charge on any atom is -0.378 e. The van der Waals surface area contributed by atoms with Gasteiger partial charge in [0.25, 0.3) is 5.91 Å². The molecule has 1 amide bonds. The zero-order valence-corrected chi connectivity index (χ0v) is 9.49. The van der Waals surface area contributed by atoms with E-state index in [2.05, 4.69) is 11.6 Å². The van der Waals surface area contributed by atoms with Crippen molar-refractivity contribution in [3.8, 4) is 0 Å². The zero-order chi connectivity index (χ0) is 14.2. The third-order valence-corrected chi connectivity index (χ3v) is 2.96. The molecule has 0 unspecified atom stereocenters. The molecule has 1 aliphatic heterocycles. The number of ether oxygens (including phenoxy) is 1. The summed E-state index contributed by atoms with van der Waals surface area (Å²) >= 11 is 4.59. The SMILES string of the molecule is O=C(N1CCOCC1)C(Cl)(C(F)(F)F)C(F)(F)F. The summed E-state index contributed by atoms with van der Waals surface area (Å²) < 4.78 is 79.6. The fourth-order valence-electron chi connectivity index (χ4n) is 1.39. The molecule has 0 aromatic rings. The van der Waals surface area contributed by atoms with Crippen LogP contribution in [-0.4, -0.2) is 54.3 Å². The van der Waals surface area contributed by atoms with Crippen molar-refractivity contribution in [3.05, 3.63) is 0 Å². The highest BCUT2D eigenvalue weighted by Gasteiger charge is 2.75. The topological polar surface area (TPSA) is 29.5 Å². The number of nitrogens with zero attached hydrogens (tertiary/aromatic N) is 1. The number of rotatable bonds is 1. The second-order valence-corrected chi connectivity index (χ2v) is 4.13. The van der Waals surface area contributed by atoms with Crippen molar-refractivity contribution >= 4 is 17.5 Å². The summed E-state index contributed by atoms with van der Waals surface area (Å²) in [5.74, 6) is -2.22. The number of carbonyl (C=O) groups is 1. The molecule has 0 atom stereocenters. The molecule has 0 N–H and O–H groups in total. The number of amides is 1. The third-order valence-electron chi connectivity index (χ3n) is 2.37. The first-order chi connectivity index (χ1) is 8.02. The Balaban J connectivity index is 3.08. The molecule has 10 heteroatoms. The molecule has 0 aromatic carbocycles. The quantitative estimate of drug-likeness (QED) is 0.547. The Morgan fingerprint density at radius 3 is 1.72 bits per heavy atom. The Hall–Kier alpha value is -0.700.